The Morgan fingerprint density at radius 2 is 2.24 bits per heavy atom. The fraction of sp³-hybridized carbons (Fsp3) is 0.176. The largest absolute Gasteiger partial charge is 0.336 e. The van der Waals surface area contributed by atoms with Gasteiger partial charge in [-0.05, 0) is 12.1 Å². The van der Waals surface area contributed by atoms with Gasteiger partial charge in [0, 0.05) is 23.9 Å². The van der Waals surface area contributed by atoms with E-state index in [1.165, 1.54) is 11.3 Å². The van der Waals surface area contributed by atoms with Crippen molar-refractivity contribution in [2.45, 2.75) is 6.42 Å². The molecular weight excluding hydrogens is 338 g/mol. The van der Waals surface area contributed by atoms with Crippen molar-refractivity contribution in [1.82, 2.24) is 15.3 Å². The summed E-state index contributed by atoms with van der Waals surface area (Å²) in [6.07, 6.45) is 1.79. The lowest BCUT2D eigenvalue weighted by molar-refractivity contribution is -0.115. The second-order valence-electron chi connectivity index (χ2n) is 5.65. The lowest BCUT2D eigenvalue weighted by Gasteiger charge is -2.08. The van der Waals surface area contributed by atoms with Crippen LogP contribution in [-0.4, -0.2) is 35.0 Å². The van der Waals surface area contributed by atoms with E-state index in [4.69, 9.17) is 0 Å². The first-order valence-electron chi connectivity index (χ1n) is 7.83. The number of hydrogen-bond donors (Lipinski definition) is 2. The summed E-state index contributed by atoms with van der Waals surface area (Å²) in [5, 5.41) is 8.96. The smallest absolute Gasteiger partial charge is 0.323 e. The molecule has 0 saturated carbocycles. The van der Waals surface area contributed by atoms with Gasteiger partial charge in [-0.15, -0.1) is 11.3 Å². The van der Waals surface area contributed by atoms with Gasteiger partial charge in [0.2, 0.25) is 5.91 Å². The Hall–Kier alpha value is -3.00. The summed E-state index contributed by atoms with van der Waals surface area (Å²) >= 11 is 1.36. The maximum absolute atomic E-state index is 12.2. The van der Waals surface area contributed by atoms with Crippen molar-refractivity contribution in [3.05, 3.63) is 47.6 Å². The first-order valence-corrected chi connectivity index (χ1v) is 8.71. The summed E-state index contributed by atoms with van der Waals surface area (Å²) in [4.78, 5) is 34.2. The highest BCUT2D eigenvalue weighted by Gasteiger charge is 2.24. The first kappa shape index (κ1) is 15.5. The number of thiazole rings is 1. The number of para-hydroxylation sites is 1. The van der Waals surface area contributed by atoms with Crippen LogP contribution >= 0.6 is 11.3 Å². The van der Waals surface area contributed by atoms with E-state index in [1.54, 1.807) is 16.5 Å². The zero-order valence-electron chi connectivity index (χ0n) is 13.2. The van der Waals surface area contributed by atoms with E-state index >= 15 is 0 Å². The average Bonchev–Trinajstić information content (AvgIpc) is 3.23. The molecule has 1 fully saturated rings. The molecule has 0 spiro atoms. The molecule has 4 rings (SSSR count). The number of benzene rings is 1. The van der Waals surface area contributed by atoms with Crippen LogP contribution < -0.4 is 15.5 Å². The molecule has 0 unspecified atom stereocenters. The second-order valence-corrected chi connectivity index (χ2v) is 6.48. The minimum absolute atomic E-state index is 0.146. The quantitative estimate of drug-likeness (QED) is 0.754. The fourth-order valence-electron chi connectivity index (χ4n) is 2.66. The molecule has 0 aliphatic carbocycles. The number of rotatable bonds is 4. The number of pyridine rings is 1. The lowest BCUT2D eigenvalue weighted by atomic mass is 10.2. The average molecular weight is 353 g/mol. The third kappa shape index (κ3) is 3.29. The Morgan fingerprint density at radius 1 is 1.36 bits per heavy atom. The predicted molar refractivity (Wildman–Crippen MR) is 96.9 cm³/mol. The molecule has 1 aliphatic rings. The zero-order chi connectivity index (χ0) is 17.2. The van der Waals surface area contributed by atoms with Gasteiger partial charge in [0.15, 0.2) is 5.13 Å². The number of aromatic nitrogens is 2. The molecule has 0 bridgehead atoms. The Bertz CT molecular complexity index is 955. The van der Waals surface area contributed by atoms with Crippen LogP contribution in [0.1, 0.15) is 5.69 Å². The van der Waals surface area contributed by atoms with Crippen LogP contribution in [-0.2, 0) is 11.2 Å². The van der Waals surface area contributed by atoms with Gasteiger partial charge in [-0.2, -0.15) is 0 Å². The van der Waals surface area contributed by atoms with E-state index in [1.807, 2.05) is 30.3 Å². The van der Waals surface area contributed by atoms with Crippen LogP contribution in [0.15, 0.2) is 41.9 Å². The van der Waals surface area contributed by atoms with E-state index in [0.29, 0.717) is 29.6 Å². The second kappa shape index (κ2) is 6.48. The summed E-state index contributed by atoms with van der Waals surface area (Å²) in [5.41, 5.74) is 2.18. The molecule has 3 amide bonds. The van der Waals surface area contributed by atoms with E-state index in [9.17, 15) is 9.59 Å². The highest BCUT2D eigenvalue weighted by Crippen LogP contribution is 2.22. The van der Waals surface area contributed by atoms with Gasteiger partial charge in [-0.25, -0.2) is 9.78 Å². The van der Waals surface area contributed by atoms with Crippen molar-refractivity contribution in [3.63, 3.8) is 0 Å². The zero-order valence-corrected chi connectivity index (χ0v) is 14.0. The number of nitrogens with one attached hydrogen (secondary N) is 2. The minimum Gasteiger partial charge on any atom is -0.336 e. The van der Waals surface area contributed by atoms with Crippen molar-refractivity contribution in [1.29, 1.82) is 0 Å². The Morgan fingerprint density at radius 3 is 3.08 bits per heavy atom. The summed E-state index contributed by atoms with van der Waals surface area (Å²) in [5.74, 6) is -0.167. The number of nitrogens with zero attached hydrogens (tertiary/aromatic N) is 3. The van der Waals surface area contributed by atoms with Crippen molar-refractivity contribution in [3.8, 4) is 0 Å². The van der Waals surface area contributed by atoms with Crippen LogP contribution in [0.25, 0.3) is 10.9 Å². The van der Waals surface area contributed by atoms with Gasteiger partial charge in [0.25, 0.3) is 0 Å². The maximum Gasteiger partial charge on any atom is 0.323 e. The third-order valence-corrected chi connectivity index (χ3v) is 4.76. The van der Waals surface area contributed by atoms with Gasteiger partial charge < -0.3 is 10.6 Å². The Labute approximate surface area is 147 Å². The number of urea groups is 1. The molecular formula is C17H15N5O2S. The summed E-state index contributed by atoms with van der Waals surface area (Å²) < 4.78 is 0. The number of carbonyl (C=O) groups excluding carboxylic acids is 2. The highest BCUT2D eigenvalue weighted by atomic mass is 32.1. The molecule has 8 heteroatoms. The minimum atomic E-state index is -0.167. The molecule has 25 heavy (non-hydrogen) atoms. The van der Waals surface area contributed by atoms with Gasteiger partial charge in [0.1, 0.15) is 0 Å². The Kier molecular flexibility index (Phi) is 4.02. The van der Waals surface area contributed by atoms with Crippen molar-refractivity contribution < 1.29 is 9.59 Å². The Balaban J connectivity index is 1.43. The van der Waals surface area contributed by atoms with Crippen LogP contribution in [0.3, 0.4) is 0 Å². The molecule has 1 saturated heterocycles. The van der Waals surface area contributed by atoms with Gasteiger partial charge in [-0.1, -0.05) is 18.2 Å². The van der Waals surface area contributed by atoms with Gasteiger partial charge in [-0.3, -0.25) is 14.7 Å². The monoisotopic (exact) mass is 353 g/mol. The van der Waals surface area contributed by atoms with Crippen molar-refractivity contribution in [2.24, 2.45) is 0 Å². The molecule has 2 aromatic heterocycles. The summed E-state index contributed by atoms with van der Waals surface area (Å²) in [7, 11) is 0. The molecule has 0 radical (unpaired) electrons. The summed E-state index contributed by atoms with van der Waals surface area (Å²) in [6.45, 7) is 1.21. The standard InChI is InChI=1S/C17H15N5O2S/c23-15(20-12-7-11-3-1-2-4-14(11)19-9-12)8-13-10-25-17(21-13)22-6-5-18-16(22)24/h1-4,7,9-10H,5-6,8H2,(H,18,24)(H,20,23). The molecule has 1 aromatic carbocycles. The van der Waals surface area contributed by atoms with Crippen LogP contribution in [0, 0.1) is 0 Å². The number of fused-ring (bicyclic) bond motifs is 1. The van der Waals surface area contributed by atoms with E-state index in [2.05, 4.69) is 20.6 Å². The van der Waals surface area contributed by atoms with Gasteiger partial charge >= 0.3 is 6.03 Å². The molecule has 7 nitrogen and oxygen atoms in total. The van der Waals surface area contributed by atoms with E-state index in [-0.39, 0.29) is 18.4 Å². The van der Waals surface area contributed by atoms with Crippen LogP contribution in [0.5, 0.6) is 0 Å². The lowest BCUT2D eigenvalue weighted by Crippen LogP contribution is -2.27. The normalized spacial score (nSPS) is 13.9. The molecule has 2 N–H and O–H groups in total. The third-order valence-electron chi connectivity index (χ3n) is 3.84. The van der Waals surface area contributed by atoms with Gasteiger partial charge in [0.05, 0.1) is 29.5 Å². The maximum atomic E-state index is 12.2. The van der Waals surface area contributed by atoms with Crippen LogP contribution in [0.4, 0.5) is 15.6 Å². The summed E-state index contributed by atoms with van der Waals surface area (Å²) in [6, 6.07) is 9.47. The molecule has 3 heterocycles. The van der Waals surface area contributed by atoms with Crippen molar-refractivity contribution in [2.75, 3.05) is 23.3 Å². The number of carbonyl (C=O) groups is 2. The topological polar surface area (TPSA) is 87.2 Å². The fourth-order valence-corrected chi connectivity index (χ4v) is 3.51. The SMILES string of the molecule is O=C(Cc1csc(N2CCNC2=O)n1)Nc1cnc2ccccc2c1. The number of amides is 3. The van der Waals surface area contributed by atoms with E-state index in [0.717, 1.165) is 10.9 Å². The first-order chi connectivity index (χ1) is 12.2. The molecule has 1 aliphatic heterocycles. The number of anilines is 2. The number of hydrogen-bond acceptors (Lipinski definition) is 5. The van der Waals surface area contributed by atoms with Crippen molar-refractivity contribution >= 4 is 45.0 Å². The highest BCUT2D eigenvalue weighted by molar-refractivity contribution is 7.14. The molecule has 126 valence electrons. The van der Waals surface area contributed by atoms with Crippen LogP contribution in [0.2, 0.25) is 0 Å². The predicted octanol–water partition coefficient (Wildman–Crippen LogP) is 2.40. The molecule has 3 aromatic rings. The molecule has 0 atom stereocenters. The van der Waals surface area contributed by atoms with E-state index < -0.39 is 0 Å².